The number of likely N-dealkylation sites (N-methyl/N-ethyl adjacent to an activating group) is 1. The maximum absolute atomic E-state index is 13.9. The van der Waals surface area contributed by atoms with E-state index >= 15 is 0 Å². The molecule has 10 nitrogen and oxygen atoms in total. The molecule has 2 fully saturated rings. The Balaban J connectivity index is 1.26. The van der Waals surface area contributed by atoms with Crippen molar-refractivity contribution in [1.29, 1.82) is 0 Å². The number of methoxy groups -OCH3 is 1. The predicted octanol–water partition coefficient (Wildman–Crippen LogP) is 4.94. The van der Waals surface area contributed by atoms with Gasteiger partial charge >= 0.3 is 0 Å². The summed E-state index contributed by atoms with van der Waals surface area (Å²) in [6.45, 7) is 3.02. The van der Waals surface area contributed by atoms with Crippen LogP contribution in [-0.4, -0.2) is 55.3 Å². The zero-order valence-electron chi connectivity index (χ0n) is 23.8. The summed E-state index contributed by atoms with van der Waals surface area (Å²) in [6, 6.07) is 8.96. The quantitative estimate of drug-likeness (QED) is 0.307. The minimum atomic E-state index is -3.02. The molecule has 0 bridgehead atoms. The summed E-state index contributed by atoms with van der Waals surface area (Å²) in [4.78, 5) is 35.8. The van der Waals surface area contributed by atoms with Gasteiger partial charge in [-0.2, -0.15) is 13.9 Å². The number of carbonyl (C=O) groups excluding carboxylic acids is 1. The Bertz CT molecular complexity index is 1710. The van der Waals surface area contributed by atoms with E-state index in [1.54, 1.807) is 32.2 Å². The number of anilines is 2. The number of ether oxygens (including phenoxy) is 1. The Labute approximate surface area is 241 Å². The molecule has 4 aromatic rings. The van der Waals surface area contributed by atoms with E-state index < -0.39 is 11.5 Å². The first kappa shape index (κ1) is 26.4. The van der Waals surface area contributed by atoms with Crippen LogP contribution in [0.3, 0.4) is 0 Å². The smallest absolute Gasteiger partial charge is 0.288 e. The number of aryl methyl sites for hydroxylation is 1. The highest BCUT2D eigenvalue weighted by molar-refractivity contribution is 6.09. The highest BCUT2D eigenvalue weighted by Crippen LogP contribution is 2.52. The number of aromatic nitrogens is 6. The van der Waals surface area contributed by atoms with Gasteiger partial charge in [0.05, 0.1) is 24.7 Å². The fourth-order valence-electron chi connectivity index (χ4n) is 5.78. The summed E-state index contributed by atoms with van der Waals surface area (Å²) in [5, 5.41) is 4.12. The molecule has 3 aliphatic rings. The Morgan fingerprint density at radius 2 is 1.86 bits per heavy atom. The van der Waals surface area contributed by atoms with Gasteiger partial charge in [-0.15, -0.1) is 0 Å². The van der Waals surface area contributed by atoms with E-state index in [1.165, 1.54) is 17.1 Å². The zero-order valence-corrected chi connectivity index (χ0v) is 23.8. The maximum Gasteiger partial charge on any atom is 0.288 e. The van der Waals surface area contributed by atoms with E-state index in [-0.39, 0.29) is 11.6 Å². The van der Waals surface area contributed by atoms with Crippen LogP contribution in [0.2, 0.25) is 0 Å². The summed E-state index contributed by atoms with van der Waals surface area (Å²) in [7, 11) is 3.33. The van der Waals surface area contributed by atoms with Gasteiger partial charge in [0.25, 0.3) is 11.8 Å². The molecule has 2 saturated carbocycles. The number of amides is 1. The normalized spacial score (nSPS) is 17.5. The van der Waals surface area contributed by atoms with Crippen LogP contribution in [0.4, 0.5) is 20.3 Å². The summed E-state index contributed by atoms with van der Waals surface area (Å²) < 4.78 is 34.8. The largest absolute Gasteiger partial charge is 0.480 e. The molecule has 0 N–H and O–H groups in total. The lowest BCUT2D eigenvalue weighted by Crippen LogP contribution is -2.54. The van der Waals surface area contributed by atoms with Gasteiger partial charge in [0.2, 0.25) is 5.88 Å². The molecule has 4 heterocycles. The Kier molecular flexibility index (Phi) is 5.83. The fourth-order valence-corrected chi connectivity index (χ4v) is 5.78. The minimum absolute atomic E-state index is 0.0162. The number of rotatable bonds is 7. The molecule has 0 unspecified atom stereocenters. The number of alkyl halides is 2. The third kappa shape index (κ3) is 4.19. The van der Waals surface area contributed by atoms with Crippen molar-refractivity contribution in [2.45, 2.75) is 63.5 Å². The zero-order chi connectivity index (χ0) is 29.4. The summed E-state index contributed by atoms with van der Waals surface area (Å²) in [5.41, 5.74) is 3.48. The molecule has 2 aliphatic carbocycles. The van der Waals surface area contributed by atoms with E-state index in [0.717, 1.165) is 43.9 Å². The second-order valence-electron chi connectivity index (χ2n) is 11.4. The van der Waals surface area contributed by atoms with E-state index in [1.807, 2.05) is 24.3 Å². The van der Waals surface area contributed by atoms with Crippen LogP contribution >= 0.6 is 0 Å². The lowest BCUT2D eigenvalue weighted by molar-refractivity contribution is -0.120. The molecular weight excluding hydrogens is 542 g/mol. The second kappa shape index (κ2) is 9.27. The number of fused-ring (bicyclic) bond motifs is 1. The molecule has 1 aliphatic heterocycles. The predicted molar refractivity (Wildman–Crippen MR) is 151 cm³/mol. The molecule has 1 spiro atoms. The highest BCUT2D eigenvalue weighted by Gasteiger charge is 2.59. The standard InChI is InChI=1S/C30H30F2N8O2/c1-17-13-22(29(2,31)32)37-40(17)20-9-5-18(6-10-20)15-39-26-21(38(3)28(41)30(39)11-12-30)14-33-25(36-26)23-24(19-7-8-19)34-16-35-27(23)42-4/h5-6,9-10,13-14,16,19H,7-8,11-12,15H2,1-4H3. The van der Waals surface area contributed by atoms with Crippen molar-refractivity contribution in [3.8, 4) is 23.0 Å². The van der Waals surface area contributed by atoms with Gasteiger partial charge in [-0.05, 0) is 56.4 Å². The lowest BCUT2D eigenvalue weighted by atomic mass is 10.1. The van der Waals surface area contributed by atoms with Crippen LogP contribution in [0.1, 0.15) is 61.2 Å². The highest BCUT2D eigenvalue weighted by atomic mass is 19.3. The van der Waals surface area contributed by atoms with Gasteiger partial charge in [-0.3, -0.25) is 4.79 Å². The van der Waals surface area contributed by atoms with E-state index in [4.69, 9.17) is 9.72 Å². The first-order valence-electron chi connectivity index (χ1n) is 14.0. The Morgan fingerprint density at radius 1 is 1.12 bits per heavy atom. The molecule has 42 heavy (non-hydrogen) atoms. The Hall–Kier alpha value is -4.48. The summed E-state index contributed by atoms with van der Waals surface area (Å²) in [5.74, 6) is -1.14. The second-order valence-corrected chi connectivity index (χ2v) is 11.4. The van der Waals surface area contributed by atoms with Crippen molar-refractivity contribution in [2.75, 3.05) is 24.0 Å². The van der Waals surface area contributed by atoms with Crippen LogP contribution in [0.15, 0.2) is 42.9 Å². The maximum atomic E-state index is 13.9. The number of halogens is 2. The van der Waals surface area contributed by atoms with Crippen LogP contribution in [0.25, 0.3) is 17.1 Å². The van der Waals surface area contributed by atoms with Crippen LogP contribution in [-0.2, 0) is 17.3 Å². The third-order valence-electron chi connectivity index (χ3n) is 8.39. The molecule has 7 rings (SSSR count). The number of hydrogen-bond acceptors (Lipinski definition) is 8. The molecule has 0 saturated heterocycles. The first-order chi connectivity index (χ1) is 20.1. The molecule has 12 heteroatoms. The van der Waals surface area contributed by atoms with Crippen molar-refractivity contribution in [3.05, 3.63) is 65.5 Å². The molecule has 216 valence electrons. The molecule has 0 radical (unpaired) electrons. The monoisotopic (exact) mass is 572 g/mol. The topological polar surface area (TPSA) is 102 Å². The molecule has 1 amide bonds. The van der Waals surface area contributed by atoms with Crippen molar-refractivity contribution in [3.63, 3.8) is 0 Å². The Morgan fingerprint density at radius 3 is 2.48 bits per heavy atom. The van der Waals surface area contributed by atoms with Gasteiger partial charge < -0.3 is 14.5 Å². The van der Waals surface area contributed by atoms with Crippen molar-refractivity contribution < 1.29 is 18.3 Å². The molecule has 1 aromatic carbocycles. The van der Waals surface area contributed by atoms with Crippen LogP contribution in [0, 0.1) is 6.92 Å². The SMILES string of the molecule is COc1ncnc(C2CC2)c1-c1ncc2c(n1)N(Cc1ccc(-n3nc(C(C)(F)F)cc3C)cc1)C1(CC1)C(=O)N2C. The molecular formula is C30H30F2N8O2. The molecule has 0 atom stereocenters. The number of carbonyl (C=O) groups is 1. The number of hydrogen-bond donors (Lipinski definition) is 0. The van der Waals surface area contributed by atoms with Crippen LogP contribution in [0.5, 0.6) is 5.88 Å². The summed E-state index contributed by atoms with van der Waals surface area (Å²) in [6.07, 6.45) is 6.72. The molecule has 3 aromatic heterocycles. The lowest BCUT2D eigenvalue weighted by Gasteiger charge is -2.41. The average molecular weight is 573 g/mol. The van der Waals surface area contributed by atoms with Gasteiger partial charge in [-0.25, -0.2) is 24.6 Å². The number of benzene rings is 1. The third-order valence-corrected chi connectivity index (χ3v) is 8.39. The average Bonchev–Trinajstić information content (AvgIpc) is 3.92. The van der Waals surface area contributed by atoms with E-state index in [2.05, 4.69) is 25.0 Å². The fraction of sp³-hybridized carbons (Fsp3) is 0.400. The van der Waals surface area contributed by atoms with Crippen molar-refractivity contribution >= 4 is 17.4 Å². The minimum Gasteiger partial charge on any atom is -0.480 e. The van der Waals surface area contributed by atoms with Gasteiger partial charge in [0, 0.05) is 32.1 Å². The van der Waals surface area contributed by atoms with Gasteiger partial charge in [0.15, 0.2) is 11.6 Å². The first-order valence-corrected chi connectivity index (χ1v) is 14.0. The summed E-state index contributed by atoms with van der Waals surface area (Å²) >= 11 is 0. The van der Waals surface area contributed by atoms with Crippen molar-refractivity contribution in [2.24, 2.45) is 0 Å². The number of nitrogens with zero attached hydrogens (tertiary/aromatic N) is 8. The van der Waals surface area contributed by atoms with Crippen LogP contribution < -0.4 is 14.5 Å². The van der Waals surface area contributed by atoms with E-state index in [0.29, 0.717) is 52.6 Å². The van der Waals surface area contributed by atoms with Gasteiger partial charge in [-0.1, -0.05) is 12.1 Å². The van der Waals surface area contributed by atoms with E-state index in [9.17, 15) is 13.6 Å². The van der Waals surface area contributed by atoms with Gasteiger partial charge in [0.1, 0.15) is 28.8 Å². The van der Waals surface area contributed by atoms with Crippen molar-refractivity contribution in [1.82, 2.24) is 29.7 Å².